The second kappa shape index (κ2) is 4.94. The van der Waals surface area contributed by atoms with Crippen LogP contribution >= 0.6 is 0 Å². The lowest BCUT2D eigenvalue weighted by molar-refractivity contribution is -0.119. The van der Waals surface area contributed by atoms with Gasteiger partial charge in [0.1, 0.15) is 5.75 Å². The van der Waals surface area contributed by atoms with Crippen LogP contribution in [-0.4, -0.2) is 43.6 Å². The number of hydrogen-bond acceptors (Lipinski definition) is 4. The molecule has 1 aliphatic carbocycles. The van der Waals surface area contributed by atoms with E-state index in [9.17, 15) is 18.3 Å². The van der Waals surface area contributed by atoms with Crippen molar-refractivity contribution in [2.24, 2.45) is 0 Å². The highest BCUT2D eigenvalue weighted by Crippen LogP contribution is 2.18. The Bertz CT molecular complexity index is 317. The van der Waals surface area contributed by atoms with Gasteiger partial charge in [0.15, 0.2) is 9.84 Å². The fourth-order valence-electron chi connectivity index (χ4n) is 1.73. The van der Waals surface area contributed by atoms with Crippen molar-refractivity contribution in [1.82, 2.24) is 5.32 Å². The molecule has 15 heavy (non-hydrogen) atoms. The third kappa shape index (κ3) is 5.13. The molecule has 0 unspecified atom stereocenters. The average molecular weight is 235 g/mol. The van der Waals surface area contributed by atoms with Crippen LogP contribution in [0.4, 0.5) is 0 Å². The molecule has 1 aliphatic rings. The standard InChI is InChI=1S/C9H17NO4S/c1-15(13,14)6-9(12)10-7-2-4-8(11)5-3-7/h7-8,11H,2-6H2,1H3,(H,10,12). The van der Waals surface area contributed by atoms with Gasteiger partial charge < -0.3 is 10.4 Å². The Hall–Kier alpha value is -0.620. The molecule has 0 bridgehead atoms. The first-order chi connectivity index (χ1) is 6.87. The maximum atomic E-state index is 11.3. The SMILES string of the molecule is CS(=O)(=O)CC(=O)NC1CCC(O)CC1. The first kappa shape index (κ1) is 12.4. The smallest absolute Gasteiger partial charge is 0.235 e. The molecule has 0 aromatic carbocycles. The molecule has 0 aliphatic heterocycles. The van der Waals surface area contributed by atoms with E-state index in [4.69, 9.17) is 0 Å². The van der Waals surface area contributed by atoms with Gasteiger partial charge >= 0.3 is 0 Å². The Morgan fingerprint density at radius 2 is 1.87 bits per heavy atom. The van der Waals surface area contributed by atoms with Gasteiger partial charge in [-0.05, 0) is 25.7 Å². The number of nitrogens with one attached hydrogen (secondary N) is 1. The van der Waals surface area contributed by atoms with Gasteiger partial charge in [-0.3, -0.25) is 4.79 Å². The fourth-order valence-corrected chi connectivity index (χ4v) is 2.29. The number of aliphatic hydroxyl groups is 1. The van der Waals surface area contributed by atoms with Gasteiger partial charge in [-0.2, -0.15) is 0 Å². The summed E-state index contributed by atoms with van der Waals surface area (Å²) in [5.74, 6) is -0.898. The van der Waals surface area contributed by atoms with Gasteiger partial charge in [0, 0.05) is 12.3 Å². The minimum Gasteiger partial charge on any atom is -0.393 e. The zero-order valence-corrected chi connectivity index (χ0v) is 9.59. The van der Waals surface area contributed by atoms with Crippen LogP contribution in [0.25, 0.3) is 0 Å². The average Bonchev–Trinajstić information content (AvgIpc) is 2.05. The van der Waals surface area contributed by atoms with Crippen LogP contribution < -0.4 is 5.32 Å². The number of carbonyl (C=O) groups excluding carboxylic acids is 1. The Kier molecular flexibility index (Phi) is 4.10. The molecule has 2 N–H and O–H groups in total. The summed E-state index contributed by atoms with van der Waals surface area (Å²) in [6, 6.07) is 0.0163. The molecule has 1 amide bonds. The second-order valence-electron chi connectivity index (χ2n) is 4.14. The minimum atomic E-state index is -3.25. The number of sulfone groups is 1. The van der Waals surface area contributed by atoms with Crippen molar-refractivity contribution in [3.8, 4) is 0 Å². The Morgan fingerprint density at radius 3 is 2.33 bits per heavy atom. The van der Waals surface area contributed by atoms with E-state index in [1.165, 1.54) is 0 Å². The van der Waals surface area contributed by atoms with Crippen molar-refractivity contribution in [3.63, 3.8) is 0 Å². The van der Waals surface area contributed by atoms with Crippen molar-refractivity contribution in [2.45, 2.75) is 37.8 Å². The summed E-state index contributed by atoms with van der Waals surface area (Å²) in [7, 11) is -3.25. The quantitative estimate of drug-likeness (QED) is 0.687. The van der Waals surface area contributed by atoms with Crippen LogP contribution in [0.1, 0.15) is 25.7 Å². The molecular weight excluding hydrogens is 218 g/mol. The lowest BCUT2D eigenvalue weighted by atomic mass is 9.93. The van der Waals surface area contributed by atoms with E-state index in [1.54, 1.807) is 0 Å². The van der Waals surface area contributed by atoms with Crippen molar-refractivity contribution < 1.29 is 18.3 Å². The summed E-state index contributed by atoms with van der Waals surface area (Å²) < 4.78 is 21.7. The summed E-state index contributed by atoms with van der Waals surface area (Å²) in [6.07, 6.45) is 3.55. The molecule has 88 valence electrons. The summed E-state index contributed by atoms with van der Waals surface area (Å²) in [5, 5.41) is 11.9. The molecule has 1 saturated carbocycles. The van der Waals surface area contributed by atoms with Crippen molar-refractivity contribution in [3.05, 3.63) is 0 Å². The van der Waals surface area contributed by atoms with Crippen LogP contribution in [0, 0.1) is 0 Å². The normalized spacial score (nSPS) is 27.3. The van der Waals surface area contributed by atoms with E-state index < -0.39 is 21.5 Å². The largest absolute Gasteiger partial charge is 0.393 e. The van der Waals surface area contributed by atoms with E-state index in [-0.39, 0.29) is 12.1 Å². The molecule has 1 fully saturated rings. The van der Waals surface area contributed by atoms with Crippen molar-refractivity contribution in [2.75, 3.05) is 12.0 Å². The van der Waals surface area contributed by atoms with Crippen molar-refractivity contribution >= 4 is 15.7 Å². The molecule has 0 spiro atoms. The fraction of sp³-hybridized carbons (Fsp3) is 0.889. The van der Waals surface area contributed by atoms with Crippen LogP contribution in [0.3, 0.4) is 0 Å². The zero-order valence-electron chi connectivity index (χ0n) is 8.77. The van der Waals surface area contributed by atoms with Gasteiger partial charge in [0.2, 0.25) is 5.91 Å². The summed E-state index contributed by atoms with van der Waals surface area (Å²) in [6.45, 7) is 0. The Morgan fingerprint density at radius 1 is 1.33 bits per heavy atom. The third-order valence-electron chi connectivity index (χ3n) is 2.46. The third-order valence-corrected chi connectivity index (χ3v) is 3.24. The van der Waals surface area contributed by atoms with E-state index in [2.05, 4.69) is 5.32 Å². The molecule has 5 nitrogen and oxygen atoms in total. The molecule has 6 heteroatoms. The first-order valence-corrected chi connectivity index (χ1v) is 7.08. The van der Waals surface area contributed by atoms with Crippen LogP contribution in [0.15, 0.2) is 0 Å². The number of carbonyl (C=O) groups is 1. The number of aliphatic hydroxyl groups excluding tert-OH is 1. The van der Waals surface area contributed by atoms with Crippen LogP contribution in [0.5, 0.6) is 0 Å². The highest BCUT2D eigenvalue weighted by molar-refractivity contribution is 7.91. The van der Waals surface area contributed by atoms with Gasteiger partial charge in [0.25, 0.3) is 0 Å². The van der Waals surface area contributed by atoms with Crippen LogP contribution in [-0.2, 0) is 14.6 Å². The highest BCUT2D eigenvalue weighted by Gasteiger charge is 2.21. The number of rotatable bonds is 3. The maximum absolute atomic E-state index is 11.3. The maximum Gasteiger partial charge on any atom is 0.235 e. The second-order valence-corrected chi connectivity index (χ2v) is 6.28. The molecule has 1 rings (SSSR count). The highest BCUT2D eigenvalue weighted by atomic mass is 32.2. The van der Waals surface area contributed by atoms with E-state index in [0.29, 0.717) is 12.8 Å². The van der Waals surface area contributed by atoms with Gasteiger partial charge in [0.05, 0.1) is 6.10 Å². The predicted octanol–water partition coefficient (Wildman–Crippen LogP) is -0.549. The van der Waals surface area contributed by atoms with E-state index >= 15 is 0 Å². The number of hydrogen-bond donors (Lipinski definition) is 2. The lowest BCUT2D eigenvalue weighted by Gasteiger charge is -2.25. The zero-order chi connectivity index (χ0) is 11.5. The lowest BCUT2D eigenvalue weighted by Crippen LogP contribution is -2.41. The van der Waals surface area contributed by atoms with E-state index in [1.807, 2.05) is 0 Å². The van der Waals surface area contributed by atoms with Gasteiger partial charge in [-0.25, -0.2) is 8.42 Å². The summed E-state index contributed by atoms with van der Waals surface area (Å²) in [5.41, 5.74) is 0. The molecule has 0 atom stereocenters. The Balaban J connectivity index is 2.33. The molecule has 0 aromatic rings. The van der Waals surface area contributed by atoms with Gasteiger partial charge in [-0.15, -0.1) is 0 Å². The monoisotopic (exact) mass is 235 g/mol. The van der Waals surface area contributed by atoms with Crippen LogP contribution in [0.2, 0.25) is 0 Å². The van der Waals surface area contributed by atoms with Gasteiger partial charge in [-0.1, -0.05) is 0 Å². The summed E-state index contributed by atoms with van der Waals surface area (Å²) in [4.78, 5) is 11.3. The summed E-state index contributed by atoms with van der Waals surface area (Å²) >= 11 is 0. The first-order valence-electron chi connectivity index (χ1n) is 5.02. The van der Waals surface area contributed by atoms with E-state index in [0.717, 1.165) is 19.1 Å². The minimum absolute atomic E-state index is 0.0163. The molecule has 0 radical (unpaired) electrons. The molecule has 0 heterocycles. The Labute approximate surface area is 89.8 Å². The number of amides is 1. The van der Waals surface area contributed by atoms with Crippen molar-refractivity contribution in [1.29, 1.82) is 0 Å². The molecule has 0 saturated heterocycles. The molecule has 0 aromatic heterocycles. The predicted molar refractivity (Wildman–Crippen MR) is 56.1 cm³/mol. The molecular formula is C9H17NO4S. The topological polar surface area (TPSA) is 83.5 Å².